The van der Waals surface area contributed by atoms with Crippen molar-refractivity contribution in [2.24, 2.45) is 0 Å². The Morgan fingerprint density at radius 2 is 2.15 bits per heavy atom. The Bertz CT molecular complexity index is 800. The van der Waals surface area contributed by atoms with E-state index in [1.807, 2.05) is 0 Å². The summed E-state index contributed by atoms with van der Waals surface area (Å²) in [6.45, 7) is 0. The van der Waals surface area contributed by atoms with E-state index in [4.69, 9.17) is 5.11 Å². The molecule has 3 aromatic rings. The molecule has 0 aliphatic heterocycles. The van der Waals surface area contributed by atoms with Gasteiger partial charge in [-0.3, -0.25) is 0 Å². The van der Waals surface area contributed by atoms with E-state index in [-0.39, 0.29) is 11.3 Å². The van der Waals surface area contributed by atoms with Crippen molar-refractivity contribution in [3.8, 4) is 0 Å². The van der Waals surface area contributed by atoms with Crippen LogP contribution in [0.25, 0.3) is 5.65 Å². The monoisotopic (exact) mass is 272 g/mol. The molecule has 0 amide bonds. The van der Waals surface area contributed by atoms with Crippen LogP contribution in [-0.4, -0.2) is 25.7 Å². The number of aromatic carboxylic acids is 1. The van der Waals surface area contributed by atoms with Crippen molar-refractivity contribution in [1.29, 1.82) is 0 Å². The second kappa shape index (κ2) is 4.61. The minimum Gasteiger partial charge on any atom is -0.478 e. The third kappa shape index (κ3) is 2.16. The average Bonchev–Trinajstić information content (AvgIpc) is 2.88. The Hall–Kier alpha value is -2.96. The number of anilines is 2. The standard InChI is InChI=1S/C13H9FN4O2/c14-9-7-8(13(19)20)1-2-10(9)16-11-4-6-18-12(17-11)3-5-15-18/h1-7H,(H,16,17)(H,19,20). The van der Waals surface area contributed by atoms with Gasteiger partial charge in [0.1, 0.15) is 11.6 Å². The first kappa shape index (κ1) is 12.1. The lowest BCUT2D eigenvalue weighted by Crippen LogP contribution is -2.01. The second-order valence-corrected chi connectivity index (χ2v) is 4.07. The third-order valence-corrected chi connectivity index (χ3v) is 2.74. The van der Waals surface area contributed by atoms with Gasteiger partial charge in [0.2, 0.25) is 0 Å². The lowest BCUT2D eigenvalue weighted by molar-refractivity contribution is 0.0696. The summed E-state index contributed by atoms with van der Waals surface area (Å²) in [7, 11) is 0. The lowest BCUT2D eigenvalue weighted by Gasteiger charge is -2.07. The van der Waals surface area contributed by atoms with Crippen LogP contribution in [0.1, 0.15) is 10.4 Å². The Morgan fingerprint density at radius 3 is 2.90 bits per heavy atom. The van der Waals surface area contributed by atoms with E-state index in [0.29, 0.717) is 11.5 Å². The molecule has 3 rings (SSSR count). The highest BCUT2D eigenvalue weighted by molar-refractivity contribution is 5.88. The predicted molar refractivity (Wildman–Crippen MR) is 69.6 cm³/mol. The fourth-order valence-corrected chi connectivity index (χ4v) is 1.77. The number of nitrogens with one attached hydrogen (secondary N) is 1. The third-order valence-electron chi connectivity index (χ3n) is 2.74. The van der Waals surface area contributed by atoms with Crippen LogP contribution >= 0.6 is 0 Å². The van der Waals surface area contributed by atoms with Crippen LogP contribution in [0.15, 0.2) is 42.7 Å². The number of carboxylic acids is 1. The highest BCUT2D eigenvalue weighted by atomic mass is 19.1. The van der Waals surface area contributed by atoms with Gasteiger partial charge in [0.05, 0.1) is 17.4 Å². The normalized spacial score (nSPS) is 10.7. The first-order valence-corrected chi connectivity index (χ1v) is 5.74. The molecule has 6 nitrogen and oxygen atoms in total. The number of aromatic nitrogens is 3. The highest BCUT2D eigenvalue weighted by Crippen LogP contribution is 2.20. The van der Waals surface area contributed by atoms with Gasteiger partial charge in [-0.2, -0.15) is 5.10 Å². The van der Waals surface area contributed by atoms with Gasteiger partial charge >= 0.3 is 5.97 Å². The Morgan fingerprint density at radius 1 is 1.30 bits per heavy atom. The predicted octanol–water partition coefficient (Wildman–Crippen LogP) is 2.31. The zero-order valence-corrected chi connectivity index (χ0v) is 10.1. The smallest absolute Gasteiger partial charge is 0.335 e. The van der Waals surface area contributed by atoms with Gasteiger partial charge in [-0.15, -0.1) is 0 Å². The van der Waals surface area contributed by atoms with E-state index < -0.39 is 11.8 Å². The van der Waals surface area contributed by atoms with Gasteiger partial charge in [0, 0.05) is 12.3 Å². The van der Waals surface area contributed by atoms with Gasteiger partial charge in [-0.1, -0.05) is 0 Å². The molecule has 0 fully saturated rings. The number of fused-ring (bicyclic) bond motifs is 1. The number of hydrogen-bond acceptors (Lipinski definition) is 4. The largest absolute Gasteiger partial charge is 0.478 e. The molecule has 100 valence electrons. The quantitative estimate of drug-likeness (QED) is 0.764. The number of halogens is 1. The van der Waals surface area contributed by atoms with Crippen molar-refractivity contribution >= 4 is 23.1 Å². The summed E-state index contributed by atoms with van der Waals surface area (Å²) in [5.74, 6) is -1.38. The van der Waals surface area contributed by atoms with E-state index in [1.165, 1.54) is 12.1 Å². The summed E-state index contributed by atoms with van der Waals surface area (Å²) < 4.78 is 15.4. The molecular formula is C13H9FN4O2. The average molecular weight is 272 g/mol. The lowest BCUT2D eigenvalue weighted by atomic mass is 10.2. The zero-order chi connectivity index (χ0) is 14.1. The molecular weight excluding hydrogens is 263 g/mol. The number of benzene rings is 1. The summed E-state index contributed by atoms with van der Waals surface area (Å²) in [6, 6.07) is 7.01. The van der Waals surface area contributed by atoms with Crippen molar-refractivity contribution in [2.45, 2.75) is 0 Å². The Kier molecular flexibility index (Phi) is 2.79. The summed E-state index contributed by atoms with van der Waals surface area (Å²) >= 11 is 0. The van der Waals surface area contributed by atoms with Crippen LogP contribution in [0.3, 0.4) is 0 Å². The van der Waals surface area contributed by atoms with Crippen molar-refractivity contribution < 1.29 is 14.3 Å². The fraction of sp³-hybridized carbons (Fsp3) is 0. The maximum atomic E-state index is 13.8. The maximum Gasteiger partial charge on any atom is 0.335 e. The SMILES string of the molecule is O=C(O)c1ccc(Nc2ccn3nccc3n2)c(F)c1. The van der Waals surface area contributed by atoms with Gasteiger partial charge in [0.15, 0.2) is 5.65 Å². The zero-order valence-electron chi connectivity index (χ0n) is 10.1. The summed E-state index contributed by atoms with van der Waals surface area (Å²) in [4.78, 5) is 15.0. The van der Waals surface area contributed by atoms with E-state index >= 15 is 0 Å². The molecule has 0 bridgehead atoms. The molecule has 20 heavy (non-hydrogen) atoms. The van der Waals surface area contributed by atoms with Gasteiger partial charge in [-0.05, 0) is 24.3 Å². The van der Waals surface area contributed by atoms with E-state index in [2.05, 4.69) is 15.4 Å². The van der Waals surface area contributed by atoms with Crippen LogP contribution in [-0.2, 0) is 0 Å². The Labute approximate surface area is 112 Å². The molecule has 2 heterocycles. The molecule has 0 radical (unpaired) electrons. The van der Waals surface area contributed by atoms with Gasteiger partial charge < -0.3 is 10.4 Å². The molecule has 2 N–H and O–H groups in total. The summed E-state index contributed by atoms with van der Waals surface area (Å²) in [6.07, 6.45) is 3.29. The number of hydrogen-bond donors (Lipinski definition) is 2. The Balaban J connectivity index is 1.92. The van der Waals surface area contributed by atoms with Crippen molar-refractivity contribution in [3.05, 3.63) is 54.1 Å². The molecule has 0 aliphatic rings. The van der Waals surface area contributed by atoms with Gasteiger partial charge in [-0.25, -0.2) is 18.7 Å². The first-order valence-electron chi connectivity index (χ1n) is 5.74. The molecule has 0 spiro atoms. The number of nitrogens with zero attached hydrogens (tertiary/aromatic N) is 3. The molecule has 0 aliphatic carbocycles. The van der Waals surface area contributed by atoms with Crippen molar-refractivity contribution in [3.63, 3.8) is 0 Å². The second-order valence-electron chi connectivity index (χ2n) is 4.07. The van der Waals surface area contributed by atoms with Crippen LogP contribution in [0.2, 0.25) is 0 Å². The number of rotatable bonds is 3. The van der Waals surface area contributed by atoms with Crippen LogP contribution in [0, 0.1) is 5.82 Å². The van der Waals surface area contributed by atoms with E-state index in [1.54, 1.807) is 29.0 Å². The van der Waals surface area contributed by atoms with Crippen molar-refractivity contribution in [1.82, 2.24) is 14.6 Å². The van der Waals surface area contributed by atoms with E-state index in [0.717, 1.165) is 6.07 Å². The minimum absolute atomic E-state index is 0.104. The number of carboxylic acid groups (broad SMARTS) is 1. The van der Waals surface area contributed by atoms with Crippen LogP contribution in [0.4, 0.5) is 15.9 Å². The first-order chi connectivity index (χ1) is 9.63. The molecule has 7 heteroatoms. The molecule has 0 saturated heterocycles. The topological polar surface area (TPSA) is 79.5 Å². The fourth-order valence-electron chi connectivity index (χ4n) is 1.77. The van der Waals surface area contributed by atoms with Crippen molar-refractivity contribution in [2.75, 3.05) is 5.32 Å². The summed E-state index contributed by atoms with van der Waals surface area (Å²) in [5.41, 5.74) is 0.677. The van der Waals surface area contributed by atoms with E-state index in [9.17, 15) is 9.18 Å². The molecule has 0 saturated carbocycles. The molecule has 1 aromatic carbocycles. The van der Waals surface area contributed by atoms with Crippen LogP contribution in [0.5, 0.6) is 0 Å². The minimum atomic E-state index is -1.17. The van der Waals surface area contributed by atoms with Crippen LogP contribution < -0.4 is 5.32 Å². The van der Waals surface area contributed by atoms with Gasteiger partial charge in [0.25, 0.3) is 0 Å². The molecule has 0 atom stereocenters. The summed E-state index contributed by atoms with van der Waals surface area (Å²) in [5, 5.41) is 15.6. The highest BCUT2D eigenvalue weighted by Gasteiger charge is 2.09. The number of carbonyl (C=O) groups is 1. The molecule has 2 aromatic heterocycles. The molecule has 0 unspecified atom stereocenters. The maximum absolute atomic E-state index is 13.8.